The molecule has 0 radical (unpaired) electrons. The molecule has 1 rings (SSSR count). The molecule has 1 aromatic heterocycles. The fourth-order valence-electron chi connectivity index (χ4n) is 0.592. The molecule has 0 aliphatic carbocycles. The van der Waals surface area contributed by atoms with Crippen LogP contribution >= 0.6 is 0 Å². The lowest BCUT2D eigenvalue weighted by Crippen LogP contribution is -2.15. The van der Waals surface area contributed by atoms with Gasteiger partial charge in [0.25, 0.3) is 0 Å². The summed E-state index contributed by atoms with van der Waals surface area (Å²) < 4.78 is 0. The summed E-state index contributed by atoms with van der Waals surface area (Å²) in [5, 5.41) is 17.8. The van der Waals surface area contributed by atoms with Crippen LogP contribution in [0.4, 0.5) is 11.9 Å². The van der Waals surface area contributed by atoms with E-state index in [1.165, 1.54) is 0 Å². The first kappa shape index (κ1) is 7.80. The Bertz CT molecular complexity index is 220. The molecule has 0 saturated carbocycles. The van der Waals surface area contributed by atoms with E-state index in [4.69, 9.17) is 10.8 Å². The summed E-state index contributed by atoms with van der Waals surface area (Å²) in [5.41, 5.74) is 5.25. The predicted molar refractivity (Wildman–Crippen MR) is 41.0 cm³/mol. The third-order valence-electron chi connectivity index (χ3n) is 1.06. The average Bonchev–Trinajstić information content (AvgIpc) is 2.31. The highest BCUT2D eigenvalue weighted by Gasteiger charge is 1.99. The molecule has 1 heterocycles. The van der Waals surface area contributed by atoms with Crippen molar-refractivity contribution in [2.45, 2.75) is 13.0 Å². The molecule has 62 valence electrons. The van der Waals surface area contributed by atoms with E-state index in [1.54, 1.807) is 6.92 Å². The van der Waals surface area contributed by atoms with Gasteiger partial charge >= 0.3 is 0 Å². The van der Waals surface area contributed by atoms with Crippen molar-refractivity contribution < 1.29 is 5.11 Å². The molecule has 1 aromatic rings. The Labute approximate surface area is 63.8 Å². The molecule has 0 spiro atoms. The molecule has 11 heavy (non-hydrogen) atoms. The van der Waals surface area contributed by atoms with Crippen LogP contribution in [0.5, 0.6) is 0 Å². The van der Waals surface area contributed by atoms with Crippen molar-refractivity contribution in [1.82, 2.24) is 15.2 Å². The number of nitrogens with two attached hydrogens (primary N) is 1. The van der Waals surface area contributed by atoms with Crippen LogP contribution in [-0.4, -0.2) is 32.9 Å². The number of aromatic nitrogens is 3. The fourth-order valence-corrected chi connectivity index (χ4v) is 0.592. The molecule has 1 atom stereocenters. The van der Waals surface area contributed by atoms with E-state index in [2.05, 4.69) is 20.5 Å². The van der Waals surface area contributed by atoms with Crippen molar-refractivity contribution in [2.24, 2.45) is 0 Å². The van der Waals surface area contributed by atoms with E-state index in [9.17, 15) is 0 Å². The van der Waals surface area contributed by atoms with E-state index in [0.29, 0.717) is 12.5 Å². The zero-order valence-electron chi connectivity index (χ0n) is 6.20. The summed E-state index contributed by atoms with van der Waals surface area (Å²) in [6.07, 6.45) is -0.422. The number of hydrogen-bond donors (Lipinski definition) is 4. The van der Waals surface area contributed by atoms with E-state index in [-0.39, 0.29) is 5.95 Å². The fraction of sp³-hybridized carbons (Fsp3) is 0.600. The number of nitrogens with zero attached hydrogens (tertiary/aromatic N) is 2. The van der Waals surface area contributed by atoms with Gasteiger partial charge in [0.15, 0.2) is 0 Å². The van der Waals surface area contributed by atoms with Crippen LogP contribution in [0, 0.1) is 0 Å². The van der Waals surface area contributed by atoms with Crippen LogP contribution in [0.25, 0.3) is 0 Å². The topological polar surface area (TPSA) is 99.8 Å². The van der Waals surface area contributed by atoms with Gasteiger partial charge in [-0.3, -0.25) is 0 Å². The second kappa shape index (κ2) is 3.20. The molecule has 0 amide bonds. The maximum absolute atomic E-state index is 8.86. The molecule has 0 aromatic carbocycles. The average molecular weight is 157 g/mol. The van der Waals surface area contributed by atoms with E-state index >= 15 is 0 Å². The number of nitrogen functional groups attached to an aromatic ring is 1. The first-order valence-corrected chi connectivity index (χ1v) is 3.28. The number of aliphatic hydroxyl groups is 1. The molecule has 5 N–H and O–H groups in total. The lowest BCUT2D eigenvalue weighted by Gasteiger charge is -2.02. The number of aromatic amines is 1. The van der Waals surface area contributed by atoms with Crippen molar-refractivity contribution in [1.29, 1.82) is 0 Å². The van der Waals surface area contributed by atoms with Crippen LogP contribution in [0.3, 0.4) is 0 Å². The molecule has 0 fully saturated rings. The Hall–Kier alpha value is -1.30. The van der Waals surface area contributed by atoms with Crippen LogP contribution in [0.15, 0.2) is 0 Å². The summed E-state index contributed by atoms with van der Waals surface area (Å²) >= 11 is 0. The number of rotatable bonds is 3. The molecule has 0 aliphatic rings. The van der Waals surface area contributed by atoms with Crippen molar-refractivity contribution in [2.75, 3.05) is 17.6 Å². The SMILES string of the molecule is CC(O)CNc1n[nH]c(N)n1. The third-order valence-corrected chi connectivity index (χ3v) is 1.06. The number of aliphatic hydroxyl groups excluding tert-OH is 1. The maximum atomic E-state index is 8.86. The van der Waals surface area contributed by atoms with Gasteiger partial charge in [0.1, 0.15) is 0 Å². The Morgan fingerprint density at radius 1 is 1.82 bits per heavy atom. The largest absolute Gasteiger partial charge is 0.392 e. The van der Waals surface area contributed by atoms with Gasteiger partial charge in [0, 0.05) is 6.54 Å². The summed E-state index contributed by atoms with van der Waals surface area (Å²) in [5.74, 6) is 0.668. The Balaban J connectivity index is 2.39. The number of nitrogens with one attached hydrogen (secondary N) is 2. The molecular weight excluding hydrogens is 146 g/mol. The quantitative estimate of drug-likeness (QED) is 0.459. The Morgan fingerprint density at radius 2 is 2.55 bits per heavy atom. The lowest BCUT2D eigenvalue weighted by molar-refractivity contribution is 0.208. The van der Waals surface area contributed by atoms with Crippen molar-refractivity contribution in [3.63, 3.8) is 0 Å². The van der Waals surface area contributed by atoms with Crippen molar-refractivity contribution in [3.05, 3.63) is 0 Å². The molecule has 0 bridgehead atoms. The summed E-state index contributed by atoms with van der Waals surface area (Å²) in [4.78, 5) is 3.77. The molecule has 0 saturated heterocycles. The highest BCUT2D eigenvalue weighted by Crippen LogP contribution is 1.97. The third kappa shape index (κ3) is 2.42. The Morgan fingerprint density at radius 3 is 3.00 bits per heavy atom. The minimum atomic E-state index is -0.422. The first-order chi connectivity index (χ1) is 5.18. The minimum absolute atomic E-state index is 0.262. The van der Waals surface area contributed by atoms with E-state index in [1.807, 2.05) is 0 Å². The first-order valence-electron chi connectivity index (χ1n) is 3.28. The van der Waals surface area contributed by atoms with Gasteiger partial charge < -0.3 is 16.2 Å². The van der Waals surface area contributed by atoms with Gasteiger partial charge in [-0.25, -0.2) is 5.10 Å². The van der Waals surface area contributed by atoms with E-state index in [0.717, 1.165) is 0 Å². The maximum Gasteiger partial charge on any atom is 0.243 e. The minimum Gasteiger partial charge on any atom is -0.392 e. The number of anilines is 2. The normalized spacial score (nSPS) is 12.9. The van der Waals surface area contributed by atoms with Gasteiger partial charge in [-0.05, 0) is 6.92 Å². The zero-order chi connectivity index (χ0) is 8.27. The van der Waals surface area contributed by atoms with Gasteiger partial charge in [0.2, 0.25) is 11.9 Å². The Kier molecular flexibility index (Phi) is 2.27. The van der Waals surface area contributed by atoms with Crippen LogP contribution in [0.1, 0.15) is 6.92 Å². The van der Waals surface area contributed by atoms with Gasteiger partial charge in [-0.1, -0.05) is 0 Å². The summed E-state index contributed by atoms with van der Waals surface area (Å²) in [6, 6.07) is 0. The second-order valence-electron chi connectivity index (χ2n) is 2.27. The monoisotopic (exact) mass is 157 g/mol. The second-order valence-corrected chi connectivity index (χ2v) is 2.27. The zero-order valence-corrected chi connectivity index (χ0v) is 6.20. The number of hydrogen-bond acceptors (Lipinski definition) is 5. The van der Waals surface area contributed by atoms with Crippen molar-refractivity contribution >= 4 is 11.9 Å². The molecule has 6 nitrogen and oxygen atoms in total. The standard InChI is InChI=1S/C5H11N5O/c1-3(11)2-7-5-8-4(6)9-10-5/h3,11H,2H2,1H3,(H4,6,7,8,9,10). The van der Waals surface area contributed by atoms with Crippen LogP contribution < -0.4 is 11.1 Å². The predicted octanol–water partition coefficient (Wildman–Crippen LogP) is -0.820. The van der Waals surface area contributed by atoms with Crippen LogP contribution in [-0.2, 0) is 0 Å². The molecule has 6 heteroatoms. The molecule has 1 unspecified atom stereocenters. The highest BCUT2D eigenvalue weighted by atomic mass is 16.3. The molecule has 0 aliphatic heterocycles. The lowest BCUT2D eigenvalue weighted by atomic mass is 10.4. The van der Waals surface area contributed by atoms with Crippen LogP contribution in [0.2, 0.25) is 0 Å². The smallest absolute Gasteiger partial charge is 0.243 e. The van der Waals surface area contributed by atoms with Crippen molar-refractivity contribution in [3.8, 4) is 0 Å². The summed E-state index contributed by atoms with van der Waals surface area (Å²) in [6.45, 7) is 2.08. The van der Waals surface area contributed by atoms with E-state index < -0.39 is 6.10 Å². The highest BCUT2D eigenvalue weighted by molar-refractivity contribution is 5.29. The molecular formula is C5H11N5O. The van der Waals surface area contributed by atoms with Gasteiger partial charge in [-0.2, -0.15) is 4.98 Å². The number of H-pyrrole nitrogens is 1. The van der Waals surface area contributed by atoms with Gasteiger partial charge in [0.05, 0.1) is 6.10 Å². The summed E-state index contributed by atoms with van der Waals surface area (Å²) in [7, 11) is 0. The van der Waals surface area contributed by atoms with Gasteiger partial charge in [-0.15, -0.1) is 5.10 Å².